The van der Waals surface area contributed by atoms with E-state index in [9.17, 15) is 0 Å². The molecule has 0 fully saturated rings. The van der Waals surface area contributed by atoms with Crippen molar-refractivity contribution in [3.05, 3.63) is 35.4 Å². The molecule has 0 spiro atoms. The Balaban J connectivity index is 2.22. The number of hydrogen-bond acceptors (Lipinski definition) is 2. The SMILES string of the molecule is CCOC(C)CNCc1ccc(C)cc1. The molecule has 0 radical (unpaired) electrons. The van der Waals surface area contributed by atoms with Gasteiger partial charge in [0.1, 0.15) is 0 Å². The Labute approximate surface area is 92.6 Å². The summed E-state index contributed by atoms with van der Waals surface area (Å²) in [7, 11) is 0. The van der Waals surface area contributed by atoms with Crippen LogP contribution in [-0.2, 0) is 11.3 Å². The van der Waals surface area contributed by atoms with Crippen LogP contribution in [0.15, 0.2) is 24.3 Å². The maximum atomic E-state index is 5.44. The van der Waals surface area contributed by atoms with Crippen molar-refractivity contribution in [2.75, 3.05) is 13.2 Å². The summed E-state index contributed by atoms with van der Waals surface area (Å²) in [5, 5.41) is 3.38. The second kappa shape index (κ2) is 6.59. The highest BCUT2D eigenvalue weighted by molar-refractivity contribution is 5.20. The third-order valence-electron chi connectivity index (χ3n) is 2.33. The zero-order valence-corrected chi connectivity index (χ0v) is 9.92. The second-order valence-electron chi connectivity index (χ2n) is 3.88. The maximum absolute atomic E-state index is 5.44. The van der Waals surface area contributed by atoms with Crippen molar-refractivity contribution in [1.82, 2.24) is 5.32 Å². The van der Waals surface area contributed by atoms with Crippen LogP contribution in [0, 0.1) is 6.92 Å². The summed E-state index contributed by atoms with van der Waals surface area (Å²) >= 11 is 0. The summed E-state index contributed by atoms with van der Waals surface area (Å²) in [5.41, 5.74) is 2.63. The molecule has 0 aromatic heterocycles. The van der Waals surface area contributed by atoms with Gasteiger partial charge in [-0.3, -0.25) is 0 Å². The molecular weight excluding hydrogens is 186 g/mol. The standard InChI is InChI=1S/C13H21NO/c1-4-15-12(3)9-14-10-13-7-5-11(2)6-8-13/h5-8,12,14H,4,9-10H2,1-3H3. The molecule has 0 heterocycles. The van der Waals surface area contributed by atoms with Crippen molar-refractivity contribution < 1.29 is 4.74 Å². The van der Waals surface area contributed by atoms with Gasteiger partial charge in [-0.1, -0.05) is 29.8 Å². The number of benzene rings is 1. The molecule has 15 heavy (non-hydrogen) atoms. The Morgan fingerprint density at radius 2 is 1.93 bits per heavy atom. The van der Waals surface area contributed by atoms with Crippen LogP contribution in [0.2, 0.25) is 0 Å². The lowest BCUT2D eigenvalue weighted by Crippen LogP contribution is -2.26. The van der Waals surface area contributed by atoms with Crippen molar-refractivity contribution in [2.24, 2.45) is 0 Å². The summed E-state index contributed by atoms with van der Waals surface area (Å²) in [6, 6.07) is 8.60. The quantitative estimate of drug-likeness (QED) is 0.774. The molecule has 0 bridgehead atoms. The second-order valence-corrected chi connectivity index (χ2v) is 3.88. The van der Waals surface area contributed by atoms with Crippen molar-refractivity contribution >= 4 is 0 Å². The molecule has 0 saturated carbocycles. The molecule has 84 valence electrons. The van der Waals surface area contributed by atoms with Gasteiger partial charge in [-0.25, -0.2) is 0 Å². The van der Waals surface area contributed by atoms with Gasteiger partial charge in [-0.05, 0) is 26.3 Å². The molecule has 1 N–H and O–H groups in total. The Bertz CT molecular complexity index is 268. The molecule has 0 amide bonds. The van der Waals surface area contributed by atoms with E-state index in [4.69, 9.17) is 4.74 Å². The minimum absolute atomic E-state index is 0.292. The highest BCUT2D eigenvalue weighted by atomic mass is 16.5. The third kappa shape index (κ3) is 4.96. The summed E-state index contributed by atoms with van der Waals surface area (Å²) in [6.45, 7) is 8.82. The van der Waals surface area contributed by atoms with Gasteiger partial charge in [-0.15, -0.1) is 0 Å². The lowest BCUT2D eigenvalue weighted by atomic mass is 10.1. The van der Waals surface area contributed by atoms with Gasteiger partial charge in [0.2, 0.25) is 0 Å². The Morgan fingerprint density at radius 1 is 1.27 bits per heavy atom. The van der Waals surface area contributed by atoms with Gasteiger partial charge >= 0.3 is 0 Å². The number of rotatable bonds is 6. The first-order valence-electron chi connectivity index (χ1n) is 5.60. The summed E-state index contributed by atoms with van der Waals surface area (Å²) in [5.74, 6) is 0. The van der Waals surface area contributed by atoms with E-state index < -0.39 is 0 Å². The van der Waals surface area contributed by atoms with Gasteiger partial charge in [0, 0.05) is 19.7 Å². The number of nitrogens with one attached hydrogen (secondary N) is 1. The fraction of sp³-hybridized carbons (Fsp3) is 0.538. The van der Waals surface area contributed by atoms with E-state index in [1.54, 1.807) is 0 Å². The van der Waals surface area contributed by atoms with E-state index in [-0.39, 0.29) is 0 Å². The first-order valence-corrected chi connectivity index (χ1v) is 5.60. The highest BCUT2D eigenvalue weighted by Gasteiger charge is 1.99. The molecule has 1 aromatic rings. The largest absolute Gasteiger partial charge is 0.377 e. The zero-order chi connectivity index (χ0) is 11.1. The van der Waals surface area contributed by atoms with E-state index in [1.165, 1.54) is 11.1 Å². The Kier molecular flexibility index (Phi) is 5.37. The lowest BCUT2D eigenvalue weighted by molar-refractivity contribution is 0.0759. The van der Waals surface area contributed by atoms with Crippen LogP contribution in [0.3, 0.4) is 0 Å². The van der Waals surface area contributed by atoms with Gasteiger partial charge < -0.3 is 10.1 Å². The molecule has 2 nitrogen and oxygen atoms in total. The Morgan fingerprint density at radius 3 is 2.53 bits per heavy atom. The third-order valence-corrected chi connectivity index (χ3v) is 2.33. The molecule has 0 aliphatic rings. The normalized spacial score (nSPS) is 12.7. The summed E-state index contributed by atoms with van der Waals surface area (Å²) in [4.78, 5) is 0. The minimum atomic E-state index is 0.292. The number of ether oxygens (including phenoxy) is 1. The van der Waals surface area contributed by atoms with Crippen LogP contribution in [0.5, 0.6) is 0 Å². The van der Waals surface area contributed by atoms with Crippen LogP contribution in [0.4, 0.5) is 0 Å². The van der Waals surface area contributed by atoms with Crippen molar-refractivity contribution in [2.45, 2.75) is 33.4 Å². The van der Waals surface area contributed by atoms with Crippen LogP contribution in [0.1, 0.15) is 25.0 Å². The first-order chi connectivity index (χ1) is 7.22. The highest BCUT2D eigenvalue weighted by Crippen LogP contribution is 2.02. The molecule has 1 atom stereocenters. The van der Waals surface area contributed by atoms with E-state index in [2.05, 4.69) is 43.4 Å². The zero-order valence-electron chi connectivity index (χ0n) is 9.92. The summed E-state index contributed by atoms with van der Waals surface area (Å²) < 4.78 is 5.44. The fourth-order valence-corrected chi connectivity index (χ4v) is 1.47. The average molecular weight is 207 g/mol. The summed E-state index contributed by atoms with van der Waals surface area (Å²) in [6.07, 6.45) is 0.292. The molecule has 2 heteroatoms. The van der Waals surface area contributed by atoms with Crippen LogP contribution in [-0.4, -0.2) is 19.3 Å². The molecule has 1 rings (SSSR count). The smallest absolute Gasteiger partial charge is 0.0671 e. The van der Waals surface area contributed by atoms with Crippen LogP contribution in [0.25, 0.3) is 0 Å². The molecule has 0 saturated heterocycles. The fourth-order valence-electron chi connectivity index (χ4n) is 1.47. The number of hydrogen-bond donors (Lipinski definition) is 1. The Hall–Kier alpha value is -0.860. The van der Waals surface area contributed by atoms with E-state index in [1.807, 2.05) is 6.92 Å². The van der Waals surface area contributed by atoms with Crippen molar-refractivity contribution in [1.29, 1.82) is 0 Å². The monoisotopic (exact) mass is 207 g/mol. The minimum Gasteiger partial charge on any atom is -0.377 e. The van der Waals surface area contributed by atoms with Gasteiger partial charge in [0.05, 0.1) is 6.10 Å². The van der Waals surface area contributed by atoms with Gasteiger partial charge in [-0.2, -0.15) is 0 Å². The molecule has 0 aliphatic heterocycles. The van der Waals surface area contributed by atoms with Crippen molar-refractivity contribution in [3.8, 4) is 0 Å². The van der Waals surface area contributed by atoms with Crippen LogP contribution < -0.4 is 5.32 Å². The van der Waals surface area contributed by atoms with E-state index >= 15 is 0 Å². The van der Waals surface area contributed by atoms with Crippen molar-refractivity contribution in [3.63, 3.8) is 0 Å². The van der Waals surface area contributed by atoms with E-state index in [0.29, 0.717) is 6.10 Å². The topological polar surface area (TPSA) is 21.3 Å². The molecule has 1 aromatic carbocycles. The predicted molar refractivity (Wildman–Crippen MR) is 64.0 cm³/mol. The molecule has 0 aliphatic carbocycles. The molecular formula is C13H21NO. The average Bonchev–Trinajstić information content (AvgIpc) is 2.21. The van der Waals surface area contributed by atoms with E-state index in [0.717, 1.165) is 19.7 Å². The first kappa shape index (κ1) is 12.2. The maximum Gasteiger partial charge on any atom is 0.0671 e. The molecule has 1 unspecified atom stereocenters. The van der Waals surface area contributed by atoms with Crippen LogP contribution >= 0.6 is 0 Å². The lowest BCUT2D eigenvalue weighted by Gasteiger charge is -2.12. The predicted octanol–water partition coefficient (Wildman–Crippen LogP) is 2.51. The van der Waals surface area contributed by atoms with Gasteiger partial charge in [0.25, 0.3) is 0 Å². The number of aryl methyl sites for hydroxylation is 1. The van der Waals surface area contributed by atoms with Gasteiger partial charge in [0.15, 0.2) is 0 Å².